The summed E-state index contributed by atoms with van der Waals surface area (Å²) >= 11 is 1.38. The second-order valence-electron chi connectivity index (χ2n) is 6.19. The zero-order chi connectivity index (χ0) is 19.5. The summed E-state index contributed by atoms with van der Waals surface area (Å²) in [6.07, 6.45) is 0. The third-order valence-electron chi connectivity index (χ3n) is 4.40. The number of hydrogen-bond donors (Lipinski definition) is 0. The summed E-state index contributed by atoms with van der Waals surface area (Å²) in [5.41, 5.74) is 1.39. The van der Waals surface area contributed by atoms with Crippen LogP contribution in [0.2, 0.25) is 0 Å². The van der Waals surface area contributed by atoms with Crippen LogP contribution in [0.1, 0.15) is 17.3 Å². The van der Waals surface area contributed by atoms with Gasteiger partial charge in [0.1, 0.15) is 6.54 Å². The largest absolute Gasteiger partial charge is 0.465 e. The van der Waals surface area contributed by atoms with Crippen molar-refractivity contribution in [3.63, 3.8) is 0 Å². The van der Waals surface area contributed by atoms with Crippen molar-refractivity contribution in [1.29, 1.82) is 0 Å². The van der Waals surface area contributed by atoms with Crippen molar-refractivity contribution < 1.29 is 14.3 Å². The number of rotatable bonds is 4. The molecule has 0 atom stereocenters. The van der Waals surface area contributed by atoms with Crippen molar-refractivity contribution in [2.24, 2.45) is 4.99 Å². The predicted octanol–water partition coefficient (Wildman–Crippen LogP) is 4.16. The molecular formula is C22H18N2O3S. The molecule has 0 saturated heterocycles. The number of ether oxygens (including phenoxy) is 1. The molecule has 0 aliphatic carbocycles. The highest BCUT2D eigenvalue weighted by atomic mass is 32.1. The Labute approximate surface area is 165 Å². The Kier molecular flexibility index (Phi) is 5.04. The normalized spacial score (nSPS) is 11.8. The Morgan fingerprint density at radius 3 is 2.61 bits per heavy atom. The van der Waals surface area contributed by atoms with Gasteiger partial charge in [-0.3, -0.25) is 9.59 Å². The minimum absolute atomic E-state index is 0.0134. The van der Waals surface area contributed by atoms with Gasteiger partial charge in [-0.15, -0.1) is 0 Å². The molecule has 0 aliphatic rings. The third-order valence-corrected chi connectivity index (χ3v) is 5.46. The zero-order valence-corrected chi connectivity index (χ0v) is 16.1. The first-order chi connectivity index (χ1) is 13.7. The van der Waals surface area contributed by atoms with Crippen molar-refractivity contribution in [3.05, 3.63) is 77.1 Å². The Hall–Kier alpha value is -3.25. The quantitative estimate of drug-likeness (QED) is 0.492. The van der Waals surface area contributed by atoms with Crippen molar-refractivity contribution in [2.45, 2.75) is 13.5 Å². The van der Waals surface area contributed by atoms with E-state index >= 15 is 0 Å². The van der Waals surface area contributed by atoms with Crippen LogP contribution in [0.3, 0.4) is 0 Å². The maximum atomic E-state index is 13.0. The number of para-hydroxylation sites is 1. The number of esters is 1. The molecule has 1 aromatic heterocycles. The molecule has 3 aromatic carbocycles. The highest BCUT2D eigenvalue weighted by Gasteiger charge is 2.13. The lowest BCUT2D eigenvalue weighted by atomic mass is 10.0. The van der Waals surface area contributed by atoms with Gasteiger partial charge in [0, 0.05) is 5.56 Å². The maximum Gasteiger partial charge on any atom is 0.326 e. The summed E-state index contributed by atoms with van der Waals surface area (Å²) < 4.78 is 7.78. The van der Waals surface area contributed by atoms with Crippen LogP contribution in [0.25, 0.3) is 21.0 Å². The van der Waals surface area contributed by atoms with E-state index in [1.807, 2.05) is 60.7 Å². The summed E-state index contributed by atoms with van der Waals surface area (Å²) in [4.78, 5) is 29.9. The number of carbonyl (C=O) groups is 2. The zero-order valence-electron chi connectivity index (χ0n) is 15.3. The van der Waals surface area contributed by atoms with Gasteiger partial charge in [0.25, 0.3) is 5.91 Å². The summed E-state index contributed by atoms with van der Waals surface area (Å²) in [5, 5.41) is 1.84. The lowest BCUT2D eigenvalue weighted by Gasteiger charge is -2.05. The minimum Gasteiger partial charge on any atom is -0.465 e. The summed E-state index contributed by atoms with van der Waals surface area (Å²) in [6, 6.07) is 21.0. The lowest BCUT2D eigenvalue weighted by molar-refractivity contribution is -0.143. The van der Waals surface area contributed by atoms with Crippen LogP contribution in [-0.2, 0) is 16.1 Å². The van der Waals surface area contributed by atoms with E-state index in [-0.39, 0.29) is 18.4 Å². The van der Waals surface area contributed by atoms with E-state index in [1.165, 1.54) is 11.3 Å². The smallest absolute Gasteiger partial charge is 0.326 e. The van der Waals surface area contributed by atoms with Crippen LogP contribution in [0.4, 0.5) is 0 Å². The van der Waals surface area contributed by atoms with E-state index in [1.54, 1.807) is 17.6 Å². The molecule has 0 saturated carbocycles. The molecule has 0 bridgehead atoms. The molecule has 4 rings (SSSR count). The van der Waals surface area contributed by atoms with Crippen LogP contribution < -0.4 is 4.80 Å². The van der Waals surface area contributed by atoms with Gasteiger partial charge in [-0.25, -0.2) is 0 Å². The van der Waals surface area contributed by atoms with Gasteiger partial charge in [0.05, 0.1) is 16.8 Å². The highest BCUT2D eigenvalue weighted by Crippen LogP contribution is 2.20. The fourth-order valence-corrected chi connectivity index (χ4v) is 4.18. The second kappa shape index (κ2) is 7.78. The fourth-order valence-electron chi connectivity index (χ4n) is 3.15. The van der Waals surface area contributed by atoms with Crippen LogP contribution in [-0.4, -0.2) is 23.1 Å². The number of carbonyl (C=O) groups excluding carboxylic acids is 2. The standard InChI is InChI=1S/C22H18N2O3S/c1-2-27-20(25)14-24-18-12-5-6-13-19(18)28-22(24)23-21(26)17-11-7-9-15-8-3-4-10-16(15)17/h3-13H,2,14H2,1H3. The number of hydrogen-bond acceptors (Lipinski definition) is 4. The van der Waals surface area contributed by atoms with Crippen LogP contribution in [0.5, 0.6) is 0 Å². The van der Waals surface area contributed by atoms with E-state index in [0.717, 1.165) is 21.0 Å². The Morgan fingerprint density at radius 2 is 1.75 bits per heavy atom. The second-order valence-corrected chi connectivity index (χ2v) is 7.20. The maximum absolute atomic E-state index is 13.0. The van der Waals surface area contributed by atoms with Gasteiger partial charge < -0.3 is 9.30 Å². The lowest BCUT2D eigenvalue weighted by Crippen LogP contribution is -2.23. The molecule has 6 heteroatoms. The molecule has 0 aliphatic heterocycles. The topological polar surface area (TPSA) is 60.7 Å². The summed E-state index contributed by atoms with van der Waals surface area (Å²) in [6.45, 7) is 2.09. The van der Waals surface area contributed by atoms with Gasteiger partial charge >= 0.3 is 5.97 Å². The Bertz CT molecular complexity index is 1250. The predicted molar refractivity (Wildman–Crippen MR) is 110 cm³/mol. The molecule has 4 aromatic rings. The van der Waals surface area contributed by atoms with E-state index in [9.17, 15) is 9.59 Å². The van der Waals surface area contributed by atoms with Gasteiger partial charge in [-0.1, -0.05) is 59.9 Å². The first-order valence-electron chi connectivity index (χ1n) is 8.98. The molecule has 0 spiro atoms. The van der Waals surface area contributed by atoms with Crippen LogP contribution in [0, 0.1) is 0 Å². The van der Waals surface area contributed by atoms with Crippen molar-refractivity contribution >= 4 is 44.2 Å². The number of nitrogens with zero attached hydrogens (tertiary/aromatic N) is 2. The number of fused-ring (bicyclic) bond motifs is 2. The number of aromatic nitrogens is 1. The van der Waals surface area contributed by atoms with E-state index in [4.69, 9.17) is 4.74 Å². The Morgan fingerprint density at radius 1 is 1.00 bits per heavy atom. The molecule has 5 nitrogen and oxygen atoms in total. The van der Waals surface area contributed by atoms with Crippen molar-refractivity contribution in [2.75, 3.05) is 6.61 Å². The van der Waals surface area contributed by atoms with Gasteiger partial charge in [-0.05, 0) is 35.9 Å². The average molecular weight is 390 g/mol. The molecule has 0 N–H and O–H groups in total. The van der Waals surface area contributed by atoms with Gasteiger partial charge in [0.15, 0.2) is 4.80 Å². The summed E-state index contributed by atoms with van der Waals surface area (Å²) in [7, 11) is 0. The van der Waals surface area contributed by atoms with Crippen LogP contribution in [0.15, 0.2) is 71.7 Å². The van der Waals surface area contributed by atoms with Crippen molar-refractivity contribution in [1.82, 2.24) is 4.57 Å². The summed E-state index contributed by atoms with van der Waals surface area (Å²) in [5.74, 6) is -0.689. The van der Waals surface area contributed by atoms with Gasteiger partial charge in [0.2, 0.25) is 0 Å². The van der Waals surface area contributed by atoms with Crippen molar-refractivity contribution in [3.8, 4) is 0 Å². The first-order valence-corrected chi connectivity index (χ1v) is 9.80. The minimum atomic E-state index is -0.356. The molecule has 1 heterocycles. The SMILES string of the molecule is CCOC(=O)Cn1c(=NC(=O)c2cccc3ccccc23)sc2ccccc21. The molecule has 0 fully saturated rings. The van der Waals surface area contributed by atoms with Gasteiger partial charge in [-0.2, -0.15) is 4.99 Å². The van der Waals surface area contributed by atoms with E-state index in [0.29, 0.717) is 17.0 Å². The average Bonchev–Trinajstić information content (AvgIpc) is 3.04. The number of thiazole rings is 1. The third kappa shape index (κ3) is 3.46. The molecule has 0 unspecified atom stereocenters. The molecule has 28 heavy (non-hydrogen) atoms. The number of benzene rings is 3. The molecule has 140 valence electrons. The molecular weight excluding hydrogens is 372 g/mol. The monoisotopic (exact) mass is 390 g/mol. The molecule has 1 amide bonds. The fraction of sp³-hybridized carbons (Fsp3) is 0.136. The first kappa shape index (κ1) is 18.1. The van der Waals surface area contributed by atoms with E-state index < -0.39 is 0 Å². The van der Waals surface area contributed by atoms with E-state index in [2.05, 4.69) is 4.99 Å². The van der Waals surface area contributed by atoms with Crippen LogP contribution >= 0.6 is 11.3 Å². The molecule has 0 radical (unpaired) electrons. The Balaban J connectivity index is 1.84. The highest BCUT2D eigenvalue weighted by molar-refractivity contribution is 7.16. The number of amides is 1.